The Labute approximate surface area is 123 Å². The first kappa shape index (κ1) is 15.2. The first-order valence-corrected chi connectivity index (χ1v) is 7.20. The van der Waals surface area contributed by atoms with Gasteiger partial charge in [-0.15, -0.1) is 0 Å². The number of nitrogens with zero attached hydrogens (tertiary/aromatic N) is 1. The van der Waals surface area contributed by atoms with Crippen LogP contribution in [0.4, 0.5) is 0 Å². The van der Waals surface area contributed by atoms with Crippen LogP contribution in [0.5, 0.6) is 0 Å². The summed E-state index contributed by atoms with van der Waals surface area (Å²) in [6, 6.07) is 9.34. The van der Waals surface area contributed by atoms with Crippen molar-refractivity contribution < 1.29 is 19.5 Å². The fourth-order valence-electron chi connectivity index (χ4n) is 2.59. The number of amides is 2. The summed E-state index contributed by atoms with van der Waals surface area (Å²) in [5.41, 5.74) is 0.879. The Bertz CT molecular complexity index is 526. The van der Waals surface area contributed by atoms with E-state index in [9.17, 15) is 14.4 Å². The van der Waals surface area contributed by atoms with Gasteiger partial charge in [0.1, 0.15) is 0 Å². The van der Waals surface area contributed by atoms with Crippen molar-refractivity contribution in [1.82, 2.24) is 4.90 Å². The summed E-state index contributed by atoms with van der Waals surface area (Å²) in [7, 11) is 0. The van der Waals surface area contributed by atoms with E-state index >= 15 is 0 Å². The molecule has 2 rings (SSSR count). The van der Waals surface area contributed by atoms with Gasteiger partial charge in [0.15, 0.2) is 0 Å². The van der Waals surface area contributed by atoms with E-state index in [1.165, 1.54) is 4.90 Å². The predicted octanol–water partition coefficient (Wildman–Crippen LogP) is 2.17. The third-order valence-corrected chi connectivity index (χ3v) is 3.72. The quantitative estimate of drug-likeness (QED) is 0.616. The molecule has 2 amide bonds. The minimum absolute atomic E-state index is 0.132. The predicted molar refractivity (Wildman–Crippen MR) is 76.6 cm³/mol. The van der Waals surface area contributed by atoms with Crippen LogP contribution in [0, 0.1) is 0 Å². The van der Waals surface area contributed by atoms with E-state index in [2.05, 4.69) is 0 Å². The van der Waals surface area contributed by atoms with Gasteiger partial charge in [0.2, 0.25) is 11.8 Å². The zero-order chi connectivity index (χ0) is 15.2. The number of benzene rings is 1. The molecule has 0 unspecified atom stereocenters. The summed E-state index contributed by atoms with van der Waals surface area (Å²) in [5.74, 6) is -1.44. The molecule has 1 aliphatic heterocycles. The molecule has 1 aromatic carbocycles. The van der Waals surface area contributed by atoms with Crippen molar-refractivity contribution in [1.29, 1.82) is 0 Å². The molecule has 5 nitrogen and oxygen atoms in total. The molecule has 0 radical (unpaired) electrons. The highest BCUT2D eigenvalue weighted by Crippen LogP contribution is 2.29. The molecule has 1 N–H and O–H groups in total. The first-order chi connectivity index (χ1) is 10.1. The summed E-state index contributed by atoms with van der Waals surface area (Å²) in [6.45, 7) is 0.390. The van der Waals surface area contributed by atoms with Gasteiger partial charge in [-0.3, -0.25) is 19.3 Å². The molecule has 1 fully saturated rings. The molecule has 1 saturated heterocycles. The molecule has 0 bridgehead atoms. The molecule has 1 aliphatic rings. The SMILES string of the molecule is O=C(O)CCCCCN1C(=O)C[C@H](c2ccccc2)C1=O. The second-order valence-electron chi connectivity index (χ2n) is 5.26. The highest BCUT2D eigenvalue weighted by atomic mass is 16.4. The molecule has 0 spiro atoms. The van der Waals surface area contributed by atoms with Gasteiger partial charge >= 0.3 is 5.97 Å². The van der Waals surface area contributed by atoms with Crippen LogP contribution in [0.1, 0.15) is 43.6 Å². The van der Waals surface area contributed by atoms with Gasteiger partial charge in [-0.1, -0.05) is 36.8 Å². The van der Waals surface area contributed by atoms with E-state index in [1.807, 2.05) is 30.3 Å². The number of carboxylic acid groups (broad SMARTS) is 1. The Balaban J connectivity index is 1.86. The van der Waals surface area contributed by atoms with Crippen molar-refractivity contribution in [3.8, 4) is 0 Å². The normalized spacial score (nSPS) is 18.3. The van der Waals surface area contributed by atoms with Crippen LogP contribution in [0.2, 0.25) is 0 Å². The largest absolute Gasteiger partial charge is 0.481 e. The number of carboxylic acids is 1. The van der Waals surface area contributed by atoms with Gasteiger partial charge in [0.25, 0.3) is 0 Å². The van der Waals surface area contributed by atoms with Crippen molar-refractivity contribution >= 4 is 17.8 Å². The Morgan fingerprint density at radius 1 is 1.14 bits per heavy atom. The van der Waals surface area contributed by atoms with Gasteiger partial charge in [-0.25, -0.2) is 0 Å². The average molecular weight is 289 g/mol. The number of hydrogen-bond donors (Lipinski definition) is 1. The highest BCUT2D eigenvalue weighted by molar-refractivity contribution is 6.06. The van der Waals surface area contributed by atoms with Gasteiger partial charge in [-0.05, 0) is 18.4 Å². The number of imide groups is 1. The molecule has 0 aromatic heterocycles. The van der Waals surface area contributed by atoms with E-state index in [0.29, 0.717) is 25.8 Å². The van der Waals surface area contributed by atoms with Crippen molar-refractivity contribution in [3.63, 3.8) is 0 Å². The number of likely N-dealkylation sites (tertiary alicyclic amines) is 1. The third-order valence-electron chi connectivity index (χ3n) is 3.72. The van der Waals surface area contributed by atoms with Crippen LogP contribution >= 0.6 is 0 Å². The summed E-state index contributed by atoms with van der Waals surface area (Å²) < 4.78 is 0. The lowest BCUT2D eigenvalue weighted by Gasteiger charge is -2.14. The third kappa shape index (κ3) is 3.90. The standard InChI is InChI=1S/C16H19NO4/c18-14-11-13(12-7-3-1-4-8-12)16(21)17(14)10-6-2-5-9-15(19)20/h1,3-4,7-8,13H,2,5-6,9-11H2,(H,19,20)/t13-/m1/s1. The molecule has 1 aromatic rings. The number of rotatable bonds is 7. The monoisotopic (exact) mass is 289 g/mol. The number of aliphatic carboxylic acids is 1. The van der Waals surface area contributed by atoms with Gasteiger partial charge in [0, 0.05) is 19.4 Å². The second-order valence-corrected chi connectivity index (χ2v) is 5.26. The second kappa shape index (κ2) is 7.02. The molecular weight excluding hydrogens is 270 g/mol. The minimum Gasteiger partial charge on any atom is -0.481 e. The maximum atomic E-state index is 12.3. The maximum Gasteiger partial charge on any atom is 0.303 e. The van der Waals surface area contributed by atoms with Crippen LogP contribution in [0.15, 0.2) is 30.3 Å². The van der Waals surface area contributed by atoms with E-state index in [-0.39, 0.29) is 30.6 Å². The van der Waals surface area contributed by atoms with Crippen molar-refractivity contribution in [3.05, 3.63) is 35.9 Å². The van der Waals surface area contributed by atoms with Gasteiger partial charge in [-0.2, -0.15) is 0 Å². The molecule has 0 saturated carbocycles. The van der Waals surface area contributed by atoms with E-state index in [1.54, 1.807) is 0 Å². The molecular formula is C16H19NO4. The maximum absolute atomic E-state index is 12.3. The van der Waals surface area contributed by atoms with Crippen LogP contribution in [0.3, 0.4) is 0 Å². The van der Waals surface area contributed by atoms with E-state index in [4.69, 9.17) is 5.11 Å². The minimum atomic E-state index is -0.813. The van der Waals surface area contributed by atoms with Crippen LogP contribution in [-0.2, 0) is 14.4 Å². The molecule has 0 aliphatic carbocycles. The lowest BCUT2D eigenvalue weighted by molar-refractivity contribution is -0.139. The molecule has 1 atom stereocenters. The highest BCUT2D eigenvalue weighted by Gasteiger charge is 2.38. The van der Waals surface area contributed by atoms with Crippen LogP contribution in [0.25, 0.3) is 0 Å². The smallest absolute Gasteiger partial charge is 0.303 e. The molecule has 1 heterocycles. The van der Waals surface area contributed by atoms with Gasteiger partial charge < -0.3 is 5.11 Å². The number of carbonyl (C=O) groups is 3. The fraction of sp³-hybridized carbons (Fsp3) is 0.438. The van der Waals surface area contributed by atoms with E-state index < -0.39 is 5.97 Å². The van der Waals surface area contributed by atoms with Crippen LogP contribution in [-0.4, -0.2) is 34.3 Å². The fourth-order valence-corrected chi connectivity index (χ4v) is 2.59. The van der Waals surface area contributed by atoms with Crippen LogP contribution < -0.4 is 0 Å². The molecule has 21 heavy (non-hydrogen) atoms. The molecule has 112 valence electrons. The number of unbranched alkanes of at least 4 members (excludes halogenated alkanes) is 2. The topological polar surface area (TPSA) is 74.7 Å². The Morgan fingerprint density at radius 3 is 2.52 bits per heavy atom. The average Bonchev–Trinajstić information content (AvgIpc) is 2.75. The van der Waals surface area contributed by atoms with E-state index in [0.717, 1.165) is 5.56 Å². The number of hydrogen-bond acceptors (Lipinski definition) is 3. The van der Waals surface area contributed by atoms with Crippen molar-refractivity contribution in [2.75, 3.05) is 6.54 Å². The van der Waals surface area contributed by atoms with Gasteiger partial charge in [0.05, 0.1) is 5.92 Å². The summed E-state index contributed by atoms with van der Waals surface area (Å²) in [4.78, 5) is 36.0. The Kier molecular flexibility index (Phi) is 5.09. The van der Waals surface area contributed by atoms with Crippen molar-refractivity contribution in [2.24, 2.45) is 0 Å². The summed E-state index contributed by atoms with van der Waals surface area (Å²) in [5, 5.41) is 8.55. The Hall–Kier alpha value is -2.17. The van der Waals surface area contributed by atoms with Crippen molar-refractivity contribution in [2.45, 2.75) is 38.0 Å². The lowest BCUT2D eigenvalue weighted by Crippen LogP contribution is -2.31. The lowest BCUT2D eigenvalue weighted by atomic mass is 9.98. The summed E-state index contributed by atoms with van der Waals surface area (Å²) >= 11 is 0. The zero-order valence-electron chi connectivity index (χ0n) is 11.8. The molecule has 5 heteroatoms. The Morgan fingerprint density at radius 2 is 1.86 bits per heavy atom. The number of carbonyl (C=O) groups excluding carboxylic acids is 2. The zero-order valence-corrected chi connectivity index (χ0v) is 11.8. The first-order valence-electron chi connectivity index (χ1n) is 7.20. The summed E-state index contributed by atoms with van der Waals surface area (Å²) in [6.07, 6.45) is 2.31.